The fraction of sp³-hybridized carbons (Fsp3) is 0.615. The van der Waals surface area contributed by atoms with Crippen LogP contribution >= 0.6 is 15.9 Å². The third-order valence-electron chi connectivity index (χ3n) is 3.59. The van der Waals surface area contributed by atoms with Gasteiger partial charge in [0.05, 0.1) is 0 Å². The molecule has 2 rings (SSSR count). The van der Waals surface area contributed by atoms with Gasteiger partial charge in [-0.1, -0.05) is 0 Å². The maximum absolute atomic E-state index is 4.44. The van der Waals surface area contributed by atoms with E-state index in [0.717, 1.165) is 16.8 Å². The molecule has 1 aromatic heterocycles. The Labute approximate surface area is 112 Å². The van der Waals surface area contributed by atoms with Crippen molar-refractivity contribution in [3.8, 4) is 0 Å². The minimum absolute atomic E-state index is 0.550. The van der Waals surface area contributed by atoms with E-state index < -0.39 is 0 Å². The quantitative estimate of drug-likeness (QED) is 0.909. The third kappa shape index (κ3) is 3.19. The van der Waals surface area contributed by atoms with Gasteiger partial charge in [-0.3, -0.25) is 0 Å². The lowest BCUT2D eigenvalue weighted by Gasteiger charge is -2.35. The molecule has 0 aromatic carbocycles. The lowest BCUT2D eigenvalue weighted by molar-refractivity contribution is 0.190. The molecule has 2 unspecified atom stereocenters. The molecule has 1 N–H and O–H groups in total. The third-order valence-corrected chi connectivity index (χ3v) is 4.03. The molecule has 1 aromatic rings. The number of rotatable bonds is 2. The predicted molar refractivity (Wildman–Crippen MR) is 75.4 cm³/mol. The summed E-state index contributed by atoms with van der Waals surface area (Å²) in [6, 6.07) is 3.30. The van der Waals surface area contributed by atoms with E-state index in [-0.39, 0.29) is 0 Å². The average Bonchev–Trinajstić information content (AvgIpc) is 2.27. The molecule has 0 saturated carbocycles. The summed E-state index contributed by atoms with van der Waals surface area (Å²) in [6.07, 6.45) is 4.24. The second kappa shape index (κ2) is 5.36. The highest BCUT2D eigenvalue weighted by molar-refractivity contribution is 9.10. The van der Waals surface area contributed by atoms with Crippen LogP contribution in [0, 0.1) is 6.92 Å². The SMILES string of the molecule is Cc1cc(Br)cnc1NC1CCN(C)C(C)C1. The minimum Gasteiger partial charge on any atom is -0.367 e. The van der Waals surface area contributed by atoms with Gasteiger partial charge in [0, 0.05) is 29.3 Å². The molecule has 0 amide bonds. The highest BCUT2D eigenvalue weighted by Crippen LogP contribution is 2.22. The number of hydrogen-bond acceptors (Lipinski definition) is 3. The van der Waals surface area contributed by atoms with Gasteiger partial charge in [-0.25, -0.2) is 4.98 Å². The number of aryl methyl sites for hydroxylation is 1. The molecule has 1 saturated heterocycles. The number of piperidine rings is 1. The van der Waals surface area contributed by atoms with Gasteiger partial charge in [0.25, 0.3) is 0 Å². The van der Waals surface area contributed by atoms with Crippen molar-refractivity contribution in [3.05, 3.63) is 22.3 Å². The molecule has 2 atom stereocenters. The number of halogens is 1. The number of hydrogen-bond donors (Lipinski definition) is 1. The summed E-state index contributed by atoms with van der Waals surface area (Å²) in [6.45, 7) is 5.54. The molecule has 1 aliphatic heterocycles. The first kappa shape index (κ1) is 12.8. The van der Waals surface area contributed by atoms with Crippen LogP contribution in [0.25, 0.3) is 0 Å². The monoisotopic (exact) mass is 297 g/mol. The van der Waals surface area contributed by atoms with Crippen LogP contribution in [0.1, 0.15) is 25.3 Å². The Balaban J connectivity index is 2.01. The van der Waals surface area contributed by atoms with E-state index in [1.807, 2.05) is 6.20 Å². The molecule has 0 aliphatic carbocycles. The Hall–Kier alpha value is -0.610. The van der Waals surface area contributed by atoms with Gasteiger partial charge < -0.3 is 10.2 Å². The highest BCUT2D eigenvalue weighted by atomic mass is 79.9. The molecular weight excluding hydrogens is 278 g/mol. The molecule has 0 bridgehead atoms. The van der Waals surface area contributed by atoms with Gasteiger partial charge in [-0.05, 0) is 61.3 Å². The Morgan fingerprint density at radius 1 is 1.53 bits per heavy atom. The van der Waals surface area contributed by atoms with E-state index in [9.17, 15) is 0 Å². The fourth-order valence-corrected chi connectivity index (χ4v) is 2.75. The number of aromatic nitrogens is 1. The second-order valence-corrected chi connectivity index (χ2v) is 5.93. The van der Waals surface area contributed by atoms with Crippen molar-refractivity contribution in [1.82, 2.24) is 9.88 Å². The molecule has 0 spiro atoms. The summed E-state index contributed by atoms with van der Waals surface area (Å²) in [5.74, 6) is 1.02. The zero-order chi connectivity index (χ0) is 12.4. The molecule has 94 valence electrons. The first-order valence-electron chi connectivity index (χ1n) is 6.15. The van der Waals surface area contributed by atoms with Gasteiger partial charge >= 0.3 is 0 Å². The number of pyridine rings is 1. The Bertz CT molecular complexity index is 394. The van der Waals surface area contributed by atoms with E-state index in [1.165, 1.54) is 18.4 Å². The van der Waals surface area contributed by atoms with E-state index in [1.54, 1.807) is 0 Å². The fourth-order valence-electron chi connectivity index (χ4n) is 2.31. The molecule has 1 fully saturated rings. The van der Waals surface area contributed by atoms with E-state index in [2.05, 4.69) is 58.1 Å². The van der Waals surface area contributed by atoms with Crippen LogP contribution in [-0.2, 0) is 0 Å². The molecule has 1 aliphatic rings. The van der Waals surface area contributed by atoms with E-state index in [4.69, 9.17) is 0 Å². The van der Waals surface area contributed by atoms with Gasteiger partial charge in [0.15, 0.2) is 0 Å². The summed E-state index contributed by atoms with van der Waals surface area (Å²) >= 11 is 3.44. The van der Waals surface area contributed by atoms with Crippen molar-refractivity contribution in [2.45, 2.75) is 38.8 Å². The van der Waals surface area contributed by atoms with Crippen molar-refractivity contribution in [1.29, 1.82) is 0 Å². The van der Waals surface area contributed by atoms with Crippen LogP contribution in [0.5, 0.6) is 0 Å². The van der Waals surface area contributed by atoms with Crippen LogP contribution in [0.2, 0.25) is 0 Å². The van der Waals surface area contributed by atoms with Crippen molar-refractivity contribution >= 4 is 21.7 Å². The first-order valence-corrected chi connectivity index (χ1v) is 6.94. The number of nitrogens with zero attached hydrogens (tertiary/aromatic N) is 2. The maximum Gasteiger partial charge on any atom is 0.129 e. The summed E-state index contributed by atoms with van der Waals surface area (Å²) < 4.78 is 1.04. The summed E-state index contributed by atoms with van der Waals surface area (Å²) in [4.78, 5) is 6.86. The zero-order valence-electron chi connectivity index (χ0n) is 10.7. The topological polar surface area (TPSA) is 28.2 Å². The number of nitrogens with one attached hydrogen (secondary N) is 1. The van der Waals surface area contributed by atoms with Crippen LogP contribution in [-0.4, -0.2) is 35.6 Å². The molecule has 17 heavy (non-hydrogen) atoms. The summed E-state index contributed by atoms with van der Waals surface area (Å²) in [5.41, 5.74) is 1.20. The van der Waals surface area contributed by atoms with Gasteiger partial charge in [0.1, 0.15) is 5.82 Å². The standard InChI is InChI=1S/C13H20BrN3/c1-9-6-11(14)8-15-13(9)16-12-4-5-17(3)10(2)7-12/h6,8,10,12H,4-5,7H2,1-3H3,(H,15,16). The van der Waals surface area contributed by atoms with Gasteiger partial charge in [0.2, 0.25) is 0 Å². The Morgan fingerprint density at radius 3 is 2.94 bits per heavy atom. The first-order chi connectivity index (χ1) is 8.06. The van der Waals surface area contributed by atoms with Crippen molar-refractivity contribution < 1.29 is 0 Å². The van der Waals surface area contributed by atoms with Crippen LogP contribution in [0.4, 0.5) is 5.82 Å². The molecular formula is C13H20BrN3. The molecule has 2 heterocycles. The van der Waals surface area contributed by atoms with Gasteiger partial charge in [-0.15, -0.1) is 0 Å². The highest BCUT2D eigenvalue weighted by Gasteiger charge is 2.23. The van der Waals surface area contributed by atoms with Gasteiger partial charge in [-0.2, -0.15) is 0 Å². The lowest BCUT2D eigenvalue weighted by Crippen LogP contribution is -2.42. The summed E-state index contributed by atoms with van der Waals surface area (Å²) in [5, 5.41) is 3.57. The Kier molecular flexibility index (Phi) is 4.05. The largest absolute Gasteiger partial charge is 0.367 e. The smallest absolute Gasteiger partial charge is 0.129 e. The lowest BCUT2D eigenvalue weighted by atomic mass is 9.99. The molecule has 0 radical (unpaired) electrons. The molecule has 4 heteroatoms. The normalized spacial score (nSPS) is 25.9. The predicted octanol–water partition coefficient (Wildman–Crippen LogP) is 3.05. The molecule has 3 nitrogen and oxygen atoms in total. The number of likely N-dealkylation sites (tertiary alicyclic amines) is 1. The van der Waals surface area contributed by atoms with Crippen molar-refractivity contribution in [2.75, 3.05) is 18.9 Å². The summed E-state index contributed by atoms with van der Waals surface area (Å²) in [7, 11) is 2.20. The number of anilines is 1. The Morgan fingerprint density at radius 2 is 2.29 bits per heavy atom. The zero-order valence-corrected chi connectivity index (χ0v) is 12.3. The van der Waals surface area contributed by atoms with Crippen molar-refractivity contribution in [2.24, 2.45) is 0 Å². The van der Waals surface area contributed by atoms with Crippen LogP contribution < -0.4 is 5.32 Å². The van der Waals surface area contributed by atoms with Crippen molar-refractivity contribution in [3.63, 3.8) is 0 Å². The van der Waals surface area contributed by atoms with Crippen LogP contribution in [0.15, 0.2) is 16.7 Å². The minimum atomic E-state index is 0.550. The maximum atomic E-state index is 4.44. The van der Waals surface area contributed by atoms with E-state index >= 15 is 0 Å². The second-order valence-electron chi connectivity index (χ2n) is 5.01. The van der Waals surface area contributed by atoms with Crippen LogP contribution in [0.3, 0.4) is 0 Å². The van der Waals surface area contributed by atoms with E-state index in [0.29, 0.717) is 12.1 Å². The average molecular weight is 298 g/mol.